The number of thioether (sulfide) groups is 1. The number of rotatable bonds is 6. The van der Waals surface area contributed by atoms with Crippen LogP contribution in [0.1, 0.15) is 22.3 Å². The summed E-state index contributed by atoms with van der Waals surface area (Å²) in [6.45, 7) is 1.55. The highest BCUT2D eigenvalue weighted by Gasteiger charge is 2.22. The molecule has 0 aliphatic heterocycles. The van der Waals surface area contributed by atoms with Gasteiger partial charge in [0, 0.05) is 0 Å². The summed E-state index contributed by atoms with van der Waals surface area (Å²) in [5, 5.41) is 11.3. The van der Waals surface area contributed by atoms with Gasteiger partial charge >= 0.3 is 5.97 Å². The van der Waals surface area contributed by atoms with E-state index in [1.165, 1.54) is 17.8 Å². The lowest BCUT2D eigenvalue weighted by Crippen LogP contribution is -2.41. The van der Waals surface area contributed by atoms with Crippen molar-refractivity contribution in [1.82, 2.24) is 5.32 Å². The molecule has 6 heteroatoms. The highest BCUT2D eigenvalue weighted by Crippen LogP contribution is 2.12. The molecule has 0 fully saturated rings. The van der Waals surface area contributed by atoms with E-state index < -0.39 is 23.7 Å². The zero-order valence-corrected chi connectivity index (χ0v) is 11.6. The number of carbonyl (C=O) groups is 2. The fourth-order valence-corrected chi connectivity index (χ4v) is 2.02. The zero-order valence-electron chi connectivity index (χ0n) is 10.8. The monoisotopic (exact) mass is 285 g/mol. The van der Waals surface area contributed by atoms with Crippen LogP contribution in [-0.2, 0) is 4.79 Å². The first kappa shape index (κ1) is 15.5. The third-order valence-corrected chi connectivity index (χ3v) is 3.29. The Bertz CT molecular complexity index is 479. The Hall–Kier alpha value is -1.56. The minimum Gasteiger partial charge on any atom is -0.480 e. The number of aryl methyl sites for hydroxylation is 1. The van der Waals surface area contributed by atoms with E-state index in [0.29, 0.717) is 17.7 Å². The first-order chi connectivity index (χ1) is 8.97. The van der Waals surface area contributed by atoms with Gasteiger partial charge in [0.2, 0.25) is 0 Å². The maximum absolute atomic E-state index is 13.7. The lowest BCUT2D eigenvalue weighted by atomic mass is 10.1. The third kappa shape index (κ3) is 4.24. The minimum absolute atomic E-state index is 0.129. The number of amides is 1. The molecule has 0 saturated heterocycles. The number of carboxylic acids is 1. The van der Waals surface area contributed by atoms with E-state index in [-0.39, 0.29) is 5.56 Å². The number of benzene rings is 1. The van der Waals surface area contributed by atoms with Crippen LogP contribution in [0.2, 0.25) is 0 Å². The highest BCUT2D eigenvalue weighted by atomic mass is 32.2. The third-order valence-electron chi connectivity index (χ3n) is 2.65. The molecule has 4 nitrogen and oxygen atoms in total. The van der Waals surface area contributed by atoms with Gasteiger partial charge in [0.25, 0.3) is 5.91 Å². The van der Waals surface area contributed by atoms with E-state index in [0.717, 1.165) is 0 Å². The standard InChI is InChI=1S/C13H16FNO3S/c1-8-4-3-5-9(11(8)14)12(16)15-10(13(17)18)6-7-19-2/h3-5,10H,6-7H2,1-2H3,(H,15,16)(H,17,18)/t10-/m0/s1. The largest absolute Gasteiger partial charge is 0.480 e. The van der Waals surface area contributed by atoms with E-state index in [1.807, 2.05) is 6.26 Å². The lowest BCUT2D eigenvalue weighted by molar-refractivity contribution is -0.139. The predicted octanol–water partition coefficient (Wildman–Crippen LogP) is 2.07. The van der Waals surface area contributed by atoms with Gasteiger partial charge in [0.15, 0.2) is 0 Å². The number of hydrogen-bond acceptors (Lipinski definition) is 3. The van der Waals surface area contributed by atoms with Crippen molar-refractivity contribution in [2.45, 2.75) is 19.4 Å². The Balaban J connectivity index is 2.82. The van der Waals surface area contributed by atoms with Gasteiger partial charge in [-0.15, -0.1) is 0 Å². The summed E-state index contributed by atoms with van der Waals surface area (Å²) in [6, 6.07) is 3.45. The van der Waals surface area contributed by atoms with Crippen LogP contribution in [0.25, 0.3) is 0 Å². The number of carboxylic acid groups (broad SMARTS) is 1. The molecule has 19 heavy (non-hydrogen) atoms. The first-order valence-electron chi connectivity index (χ1n) is 5.75. The molecule has 0 aliphatic carbocycles. The summed E-state index contributed by atoms with van der Waals surface area (Å²) >= 11 is 1.49. The number of halogens is 1. The van der Waals surface area contributed by atoms with E-state index in [2.05, 4.69) is 5.32 Å². The van der Waals surface area contributed by atoms with Crippen LogP contribution in [0.4, 0.5) is 4.39 Å². The summed E-state index contributed by atoms with van der Waals surface area (Å²) in [4.78, 5) is 22.9. The van der Waals surface area contributed by atoms with Crippen LogP contribution in [0.5, 0.6) is 0 Å². The molecule has 0 unspecified atom stereocenters. The molecule has 1 rings (SSSR count). The molecule has 1 amide bonds. The summed E-state index contributed by atoms with van der Waals surface area (Å²) in [6.07, 6.45) is 2.15. The van der Waals surface area contributed by atoms with Crippen LogP contribution in [0, 0.1) is 12.7 Å². The highest BCUT2D eigenvalue weighted by molar-refractivity contribution is 7.98. The fraction of sp³-hybridized carbons (Fsp3) is 0.385. The second-order valence-electron chi connectivity index (χ2n) is 4.08. The Morgan fingerprint density at radius 3 is 2.74 bits per heavy atom. The summed E-state index contributed by atoms with van der Waals surface area (Å²) in [5.41, 5.74) is 0.221. The van der Waals surface area contributed by atoms with E-state index in [1.54, 1.807) is 19.1 Å². The minimum atomic E-state index is -1.12. The van der Waals surface area contributed by atoms with Gasteiger partial charge in [0.05, 0.1) is 5.56 Å². The quantitative estimate of drug-likeness (QED) is 0.839. The molecular formula is C13H16FNO3S. The molecule has 0 spiro atoms. The van der Waals surface area contributed by atoms with Crippen molar-refractivity contribution < 1.29 is 19.1 Å². The average Bonchev–Trinajstić information content (AvgIpc) is 2.37. The Morgan fingerprint density at radius 2 is 2.16 bits per heavy atom. The van der Waals surface area contributed by atoms with Crippen LogP contribution in [0.3, 0.4) is 0 Å². The van der Waals surface area contributed by atoms with Gasteiger partial charge in [0.1, 0.15) is 11.9 Å². The van der Waals surface area contributed by atoms with Gasteiger partial charge in [-0.1, -0.05) is 12.1 Å². The van der Waals surface area contributed by atoms with Gasteiger partial charge in [-0.25, -0.2) is 9.18 Å². The van der Waals surface area contributed by atoms with Gasteiger partial charge in [-0.05, 0) is 37.0 Å². The molecule has 0 heterocycles. The molecule has 0 bridgehead atoms. The average molecular weight is 285 g/mol. The van der Waals surface area contributed by atoms with Crippen molar-refractivity contribution in [3.8, 4) is 0 Å². The molecule has 104 valence electrons. The van der Waals surface area contributed by atoms with E-state index >= 15 is 0 Å². The smallest absolute Gasteiger partial charge is 0.326 e. The first-order valence-corrected chi connectivity index (χ1v) is 7.14. The van der Waals surface area contributed by atoms with Crippen molar-refractivity contribution in [3.05, 3.63) is 35.1 Å². The molecule has 1 atom stereocenters. The normalized spacial score (nSPS) is 11.9. The summed E-state index contributed by atoms with van der Waals surface area (Å²) in [7, 11) is 0. The van der Waals surface area contributed by atoms with Crippen LogP contribution < -0.4 is 5.32 Å². The maximum atomic E-state index is 13.7. The molecule has 0 radical (unpaired) electrons. The lowest BCUT2D eigenvalue weighted by Gasteiger charge is -2.14. The van der Waals surface area contributed by atoms with Crippen molar-refractivity contribution >= 4 is 23.6 Å². The van der Waals surface area contributed by atoms with E-state index in [4.69, 9.17) is 5.11 Å². The molecule has 0 aliphatic rings. The summed E-state index contributed by atoms with van der Waals surface area (Å²) < 4.78 is 13.7. The van der Waals surface area contributed by atoms with Gasteiger partial charge < -0.3 is 10.4 Å². The number of carbonyl (C=O) groups excluding carboxylic acids is 1. The molecule has 0 aromatic heterocycles. The van der Waals surface area contributed by atoms with Crippen molar-refractivity contribution in [2.75, 3.05) is 12.0 Å². The Kier molecular flexibility index (Phi) is 5.82. The molecule has 1 aromatic carbocycles. The second-order valence-corrected chi connectivity index (χ2v) is 5.07. The molecule has 1 aromatic rings. The van der Waals surface area contributed by atoms with Crippen LogP contribution in [-0.4, -0.2) is 35.0 Å². The predicted molar refractivity (Wildman–Crippen MR) is 73.0 cm³/mol. The molecule has 2 N–H and O–H groups in total. The van der Waals surface area contributed by atoms with Crippen molar-refractivity contribution in [1.29, 1.82) is 0 Å². The van der Waals surface area contributed by atoms with Crippen molar-refractivity contribution in [2.24, 2.45) is 0 Å². The maximum Gasteiger partial charge on any atom is 0.326 e. The second kappa shape index (κ2) is 7.13. The van der Waals surface area contributed by atoms with Crippen LogP contribution >= 0.6 is 11.8 Å². The fourth-order valence-electron chi connectivity index (χ4n) is 1.55. The zero-order chi connectivity index (χ0) is 14.4. The molecule has 0 saturated carbocycles. The Morgan fingerprint density at radius 1 is 1.47 bits per heavy atom. The Labute approximate surface area is 115 Å². The summed E-state index contributed by atoms with van der Waals surface area (Å²) in [5.74, 6) is -1.83. The SMILES string of the molecule is CSCC[C@H](NC(=O)c1cccc(C)c1F)C(=O)O. The van der Waals surface area contributed by atoms with Gasteiger partial charge in [-0.2, -0.15) is 11.8 Å². The topological polar surface area (TPSA) is 66.4 Å². The number of aliphatic carboxylic acids is 1. The molecular weight excluding hydrogens is 269 g/mol. The van der Waals surface area contributed by atoms with Gasteiger partial charge in [-0.3, -0.25) is 4.79 Å². The van der Waals surface area contributed by atoms with Crippen molar-refractivity contribution in [3.63, 3.8) is 0 Å². The van der Waals surface area contributed by atoms with Crippen LogP contribution in [0.15, 0.2) is 18.2 Å². The number of hydrogen-bond donors (Lipinski definition) is 2. The number of nitrogens with one attached hydrogen (secondary N) is 1. The van der Waals surface area contributed by atoms with E-state index in [9.17, 15) is 14.0 Å².